The van der Waals surface area contributed by atoms with Gasteiger partial charge in [0.25, 0.3) is 6.43 Å². The van der Waals surface area contributed by atoms with Gasteiger partial charge in [0.05, 0.1) is 18.2 Å². The van der Waals surface area contributed by atoms with Crippen LogP contribution in [0.4, 0.5) is 8.78 Å². The van der Waals surface area contributed by atoms with Gasteiger partial charge in [-0.3, -0.25) is 4.90 Å². The smallest absolute Gasteiger partial charge is 0.256 e. The lowest BCUT2D eigenvalue weighted by atomic mass is 10.0. The minimum atomic E-state index is -2.37. The molecule has 1 saturated heterocycles. The number of alkyl halides is 2. The van der Waals surface area contributed by atoms with E-state index in [1.54, 1.807) is 10.8 Å². The molecule has 2 fully saturated rings. The summed E-state index contributed by atoms with van der Waals surface area (Å²) in [6.07, 6.45) is 4.25. The Morgan fingerprint density at radius 1 is 1.12 bits per heavy atom. The van der Waals surface area contributed by atoms with Crippen molar-refractivity contribution in [3.05, 3.63) is 30.5 Å². The highest BCUT2D eigenvalue weighted by Gasteiger charge is 2.33. The number of benzene rings is 1. The van der Waals surface area contributed by atoms with Gasteiger partial charge in [0, 0.05) is 30.7 Å². The Kier molecular flexibility index (Phi) is 5.14. The van der Waals surface area contributed by atoms with Crippen LogP contribution in [0.2, 0.25) is 0 Å². The Morgan fingerprint density at radius 2 is 1.92 bits per heavy atom. The lowest BCUT2D eigenvalue weighted by Crippen LogP contribution is -2.47. The van der Waals surface area contributed by atoms with Gasteiger partial charge in [-0.15, -0.1) is 0 Å². The van der Waals surface area contributed by atoms with Gasteiger partial charge < -0.3 is 14.4 Å². The maximum Gasteiger partial charge on any atom is 0.256 e. The fourth-order valence-corrected chi connectivity index (χ4v) is 4.46. The molecular weight excluding hydrogens is 338 g/mol. The summed E-state index contributed by atoms with van der Waals surface area (Å²) in [7, 11) is 0. The average Bonchev–Trinajstić information content (AvgIpc) is 3.23. The molecule has 1 saturated carbocycles. The summed E-state index contributed by atoms with van der Waals surface area (Å²) in [6, 6.07) is 7.81. The Morgan fingerprint density at radius 3 is 2.62 bits per heavy atom. The highest BCUT2D eigenvalue weighted by Crippen LogP contribution is 2.31. The quantitative estimate of drug-likeness (QED) is 0.880. The number of fused-ring (bicyclic) bond motifs is 1. The molecule has 1 aliphatic carbocycles. The van der Waals surface area contributed by atoms with Gasteiger partial charge in [0.15, 0.2) is 0 Å². The van der Waals surface area contributed by atoms with Gasteiger partial charge >= 0.3 is 0 Å². The first-order valence-electron chi connectivity index (χ1n) is 9.56. The molecule has 4 nitrogen and oxygen atoms in total. The van der Waals surface area contributed by atoms with Gasteiger partial charge in [-0.05, 0) is 50.3 Å². The van der Waals surface area contributed by atoms with Crippen LogP contribution in [0.25, 0.3) is 10.9 Å². The number of likely N-dealkylation sites (tertiary alicyclic amines) is 1. The lowest BCUT2D eigenvalue weighted by Gasteiger charge is -2.37. The number of hydrogen-bond donors (Lipinski definition) is 1. The topological polar surface area (TPSA) is 37.6 Å². The first-order chi connectivity index (χ1) is 12.6. The third-order valence-corrected chi connectivity index (χ3v) is 5.79. The summed E-state index contributed by atoms with van der Waals surface area (Å²) in [5.74, 6) is 0.773. The van der Waals surface area contributed by atoms with Gasteiger partial charge in [-0.25, -0.2) is 8.78 Å². The molecule has 1 aliphatic heterocycles. The van der Waals surface area contributed by atoms with E-state index in [0.29, 0.717) is 6.04 Å². The number of halogens is 2. The molecule has 6 heteroatoms. The normalized spacial score (nSPS) is 25.4. The highest BCUT2D eigenvalue weighted by atomic mass is 19.3. The summed E-state index contributed by atoms with van der Waals surface area (Å²) < 4.78 is 33.2. The average molecular weight is 364 g/mol. The van der Waals surface area contributed by atoms with Crippen LogP contribution in [-0.4, -0.2) is 52.3 Å². The van der Waals surface area contributed by atoms with E-state index in [-0.39, 0.29) is 18.8 Å². The van der Waals surface area contributed by atoms with Gasteiger partial charge in [0.2, 0.25) is 0 Å². The van der Waals surface area contributed by atoms with E-state index >= 15 is 0 Å². The Bertz CT molecular complexity index is 740. The molecule has 2 heterocycles. The van der Waals surface area contributed by atoms with E-state index in [1.807, 2.05) is 24.3 Å². The van der Waals surface area contributed by atoms with E-state index in [0.717, 1.165) is 61.8 Å². The van der Waals surface area contributed by atoms with Crippen LogP contribution in [-0.2, 0) is 6.54 Å². The zero-order chi connectivity index (χ0) is 18.1. The largest absolute Gasteiger partial charge is 0.490 e. The molecule has 0 spiro atoms. The van der Waals surface area contributed by atoms with E-state index in [2.05, 4.69) is 4.90 Å². The summed E-state index contributed by atoms with van der Waals surface area (Å²) >= 11 is 0. The lowest BCUT2D eigenvalue weighted by molar-refractivity contribution is 0.0289. The molecule has 0 bridgehead atoms. The predicted molar refractivity (Wildman–Crippen MR) is 96.8 cm³/mol. The second-order valence-corrected chi connectivity index (χ2v) is 7.47. The van der Waals surface area contributed by atoms with Crippen LogP contribution in [0, 0.1) is 0 Å². The van der Waals surface area contributed by atoms with E-state index in [4.69, 9.17) is 4.74 Å². The minimum Gasteiger partial charge on any atom is -0.490 e. The van der Waals surface area contributed by atoms with Crippen LogP contribution >= 0.6 is 0 Å². The van der Waals surface area contributed by atoms with Crippen LogP contribution in [0.15, 0.2) is 30.5 Å². The van der Waals surface area contributed by atoms with Crippen LogP contribution in [0.1, 0.15) is 32.1 Å². The Balaban J connectivity index is 1.41. The molecule has 2 aliphatic rings. The summed E-state index contributed by atoms with van der Waals surface area (Å²) in [6.45, 7) is 1.58. The molecule has 1 N–H and O–H groups in total. The monoisotopic (exact) mass is 364 g/mol. The summed E-state index contributed by atoms with van der Waals surface area (Å²) in [5, 5.41) is 11.0. The van der Waals surface area contributed by atoms with Crippen molar-refractivity contribution in [2.45, 2.75) is 63.3 Å². The zero-order valence-corrected chi connectivity index (χ0v) is 14.9. The maximum absolute atomic E-state index is 12.7. The van der Waals surface area contributed by atoms with Gasteiger partial charge in [-0.1, -0.05) is 6.07 Å². The maximum atomic E-state index is 12.7. The van der Waals surface area contributed by atoms with Gasteiger partial charge in [-0.2, -0.15) is 0 Å². The second kappa shape index (κ2) is 7.53. The number of hydrogen-bond acceptors (Lipinski definition) is 3. The molecule has 1 aromatic heterocycles. The molecular formula is C20H26F2N2O2. The molecule has 2 unspecified atom stereocenters. The number of piperidine rings is 1. The predicted octanol–water partition coefficient (Wildman–Crippen LogP) is 3.66. The molecule has 2 aromatic rings. The number of rotatable bonds is 5. The Hall–Kier alpha value is -1.66. The third-order valence-electron chi connectivity index (χ3n) is 5.79. The molecule has 4 rings (SSSR count). The van der Waals surface area contributed by atoms with Crippen molar-refractivity contribution in [3.8, 4) is 5.75 Å². The molecule has 0 radical (unpaired) electrons. The van der Waals surface area contributed by atoms with E-state index in [1.165, 1.54) is 0 Å². The van der Waals surface area contributed by atoms with Crippen LogP contribution < -0.4 is 4.74 Å². The number of aliphatic hydroxyl groups excluding tert-OH is 1. The summed E-state index contributed by atoms with van der Waals surface area (Å²) in [5.41, 5.74) is 0.786. The number of aromatic nitrogens is 1. The number of nitrogens with zero attached hydrogens (tertiary/aromatic N) is 2. The van der Waals surface area contributed by atoms with Crippen molar-refractivity contribution in [3.63, 3.8) is 0 Å². The van der Waals surface area contributed by atoms with Crippen LogP contribution in [0.5, 0.6) is 5.75 Å². The number of aliphatic hydroxyl groups is 1. The van der Waals surface area contributed by atoms with Crippen molar-refractivity contribution in [1.29, 1.82) is 0 Å². The standard InChI is InChI=1S/C20H26F2N2O2/c21-20(22)13-24-12-9-15-16(24)3-2-6-19(15)26-14-7-10-23(11-8-14)17-4-1-5-18(17)25/h2-3,6,9,12,14,17-18,20,25H,1,4-5,7-8,10-11,13H2. The van der Waals surface area contributed by atoms with Crippen molar-refractivity contribution >= 4 is 10.9 Å². The van der Waals surface area contributed by atoms with E-state index < -0.39 is 6.43 Å². The van der Waals surface area contributed by atoms with Gasteiger partial charge in [0.1, 0.15) is 11.9 Å². The molecule has 1 aromatic carbocycles. The van der Waals surface area contributed by atoms with Crippen molar-refractivity contribution in [2.24, 2.45) is 0 Å². The molecule has 142 valence electrons. The first kappa shape index (κ1) is 17.7. The van der Waals surface area contributed by atoms with Crippen LogP contribution in [0.3, 0.4) is 0 Å². The number of ether oxygens (including phenoxy) is 1. The first-order valence-corrected chi connectivity index (χ1v) is 9.56. The van der Waals surface area contributed by atoms with Crippen molar-refractivity contribution in [2.75, 3.05) is 13.1 Å². The molecule has 26 heavy (non-hydrogen) atoms. The third kappa shape index (κ3) is 3.58. The zero-order valence-electron chi connectivity index (χ0n) is 14.9. The SMILES string of the molecule is OC1CCCC1N1CCC(Oc2cccc3c2ccn3CC(F)F)CC1. The molecule has 2 atom stereocenters. The van der Waals surface area contributed by atoms with E-state index in [9.17, 15) is 13.9 Å². The molecule has 0 amide bonds. The Labute approximate surface area is 152 Å². The minimum absolute atomic E-state index is 0.133. The van der Waals surface area contributed by atoms with Crippen molar-refractivity contribution < 1.29 is 18.6 Å². The van der Waals surface area contributed by atoms with Crippen molar-refractivity contribution in [1.82, 2.24) is 9.47 Å². The second-order valence-electron chi connectivity index (χ2n) is 7.47. The summed E-state index contributed by atoms with van der Waals surface area (Å²) in [4.78, 5) is 2.40. The highest BCUT2D eigenvalue weighted by molar-refractivity contribution is 5.86. The fourth-order valence-electron chi connectivity index (χ4n) is 4.46. The fraction of sp³-hybridized carbons (Fsp3) is 0.600.